The molecule has 5 heteroatoms. The van der Waals surface area contributed by atoms with Gasteiger partial charge in [-0.15, -0.1) is 12.6 Å². The van der Waals surface area contributed by atoms with Gasteiger partial charge in [-0.05, 0) is 0 Å². The smallest absolute Gasteiger partial charge is 1.00 e. The van der Waals surface area contributed by atoms with E-state index in [4.69, 9.17) is 0 Å². The minimum atomic E-state index is -0.504. The molecule has 1 aromatic heterocycles. The van der Waals surface area contributed by atoms with Crippen LogP contribution >= 0.6 is 0 Å². The Bertz CT molecular complexity index is 267. The van der Waals surface area contributed by atoms with Crippen LogP contribution in [0.3, 0.4) is 0 Å². The summed E-state index contributed by atoms with van der Waals surface area (Å²) in [5, 5.41) is 1.50. The molecule has 1 heterocycles. The first kappa shape index (κ1) is 21.7. The number of H-pyrrole nitrogens is 1. The Labute approximate surface area is 131 Å². The molecule has 1 aliphatic carbocycles. The third-order valence-corrected chi connectivity index (χ3v) is 3.43. The molecule has 0 fully saturated rings. The Morgan fingerprint density at radius 1 is 1.31 bits per heavy atom. The van der Waals surface area contributed by atoms with E-state index < -0.39 is 8.80 Å². The topological polar surface area (TPSA) is 15.8 Å². The van der Waals surface area contributed by atoms with Gasteiger partial charge in [0.2, 0.25) is 0 Å². The van der Waals surface area contributed by atoms with Gasteiger partial charge in [-0.25, -0.2) is 11.3 Å². The summed E-state index contributed by atoms with van der Waals surface area (Å²) in [4.78, 5) is 2.74. The van der Waals surface area contributed by atoms with Crippen molar-refractivity contribution >= 4 is 8.80 Å². The predicted octanol–water partition coefficient (Wildman–Crippen LogP) is -3.48. The molecule has 0 aliphatic heterocycles. The van der Waals surface area contributed by atoms with E-state index in [-0.39, 0.29) is 51.0 Å². The van der Waals surface area contributed by atoms with Crippen molar-refractivity contribution in [3.8, 4) is 0 Å². The van der Waals surface area contributed by atoms with Crippen molar-refractivity contribution in [2.75, 3.05) is 0 Å². The monoisotopic (exact) mass is 349 g/mol. The molecule has 0 saturated carbocycles. The molecule has 0 amide bonds. The Balaban J connectivity index is -0.000000189. The van der Waals surface area contributed by atoms with Crippen molar-refractivity contribution in [2.24, 2.45) is 0 Å². The second-order valence-corrected chi connectivity index (χ2v) is 6.14. The number of allylic oxidation sites excluding steroid dienone is 4. The number of halogens is 2. The van der Waals surface area contributed by atoms with Crippen LogP contribution in [-0.2, 0) is 26.2 Å². The van der Waals surface area contributed by atoms with E-state index >= 15 is 0 Å². The molecule has 0 aromatic carbocycles. The third kappa shape index (κ3) is 9.65. The zero-order valence-corrected chi connectivity index (χ0v) is 14.6. The number of hydrogen-bond acceptors (Lipinski definition) is 0. The van der Waals surface area contributed by atoms with Crippen LogP contribution in [0, 0.1) is 12.3 Å². The number of aromatic nitrogens is 1. The standard InChI is InChI=1S/C7H11Si.C4H4N.2ClH.Zr/c1-8(2)7-5-3-4-6-7;1-2-4-5-3-1;;;/h3,5,8H,4H2,1-2H3;1-3,5H;2*1H;/q2*-1;;;+4/p-2. The largest absolute Gasteiger partial charge is 4.00 e. The summed E-state index contributed by atoms with van der Waals surface area (Å²) < 4.78 is 0. The average molecular weight is 351 g/mol. The van der Waals surface area contributed by atoms with Crippen molar-refractivity contribution in [1.82, 2.24) is 4.98 Å². The van der Waals surface area contributed by atoms with Gasteiger partial charge in [0.1, 0.15) is 0 Å². The fourth-order valence-corrected chi connectivity index (χ4v) is 2.11. The van der Waals surface area contributed by atoms with Crippen LogP contribution in [0.25, 0.3) is 0 Å². The van der Waals surface area contributed by atoms with Crippen LogP contribution in [0.1, 0.15) is 6.42 Å². The van der Waals surface area contributed by atoms with Gasteiger partial charge in [-0.2, -0.15) is 24.4 Å². The maximum Gasteiger partial charge on any atom is 4.00 e. The van der Waals surface area contributed by atoms with Gasteiger partial charge in [-0.3, -0.25) is 6.08 Å². The van der Waals surface area contributed by atoms with Gasteiger partial charge in [0.05, 0.1) is 0 Å². The van der Waals surface area contributed by atoms with E-state index in [1.54, 1.807) is 0 Å². The van der Waals surface area contributed by atoms with Gasteiger partial charge in [0.25, 0.3) is 0 Å². The Morgan fingerprint density at radius 3 is 2.19 bits per heavy atom. The summed E-state index contributed by atoms with van der Waals surface area (Å²) in [5.74, 6) is 0. The molecule has 2 rings (SSSR count). The fraction of sp³-hybridized carbons (Fsp3) is 0.273. The summed E-state index contributed by atoms with van der Waals surface area (Å²) in [7, 11) is -0.504. The summed E-state index contributed by atoms with van der Waals surface area (Å²) in [5.41, 5.74) is 0. The van der Waals surface area contributed by atoms with Gasteiger partial charge < -0.3 is 29.8 Å². The van der Waals surface area contributed by atoms with Gasteiger partial charge in [0, 0.05) is 8.80 Å². The average Bonchev–Trinajstić information content (AvgIpc) is 2.82. The van der Waals surface area contributed by atoms with E-state index in [1.807, 2.05) is 18.3 Å². The quantitative estimate of drug-likeness (QED) is 0.400. The zero-order chi connectivity index (χ0) is 9.52. The van der Waals surface area contributed by atoms with Crippen LogP contribution in [0.15, 0.2) is 35.7 Å². The number of rotatable bonds is 1. The van der Waals surface area contributed by atoms with Crippen LogP contribution < -0.4 is 24.8 Å². The summed E-state index contributed by atoms with van der Waals surface area (Å²) in [6.07, 6.45) is 13.3. The molecule has 86 valence electrons. The van der Waals surface area contributed by atoms with E-state index in [9.17, 15) is 0 Å². The van der Waals surface area contributed by atoms with Crippen LogP contribution in [0.2, 0.25) is 13.1 Å². The number of hydrogen-bond donors (Lipinski definition) is 1. The van der Waals surface area contributed by atoms with E-state index in [0.717, 1.165) is 6.42 Å². The van der Waals surface area contributed by atoms with Gasteiger partial charge in [0.15, 0.2) is 0 Å². The van der Waals surface area contributed by atoms with E-state index in [1.165, 1.54) is 5.20 Å². The van der Waals surface area contributed by atoms with E-state index in [0.29, 0.717) is 0 Å². The molecule has 0 saturated heterocycles. The first-order valence-corrected chi connectivity index (χ1v) is 7.46. The first-order chi connectivity index (χ1) is 6.30. The van der Waals surface area contributed by atoms with E-state index in [2.05, 4.69) is 42.5 Å². The Hall–Kier alpha value is 0.440. The van der Waals surface area contributed by atoms with Crippen molar-refractivity contribution in [2.45, 2.75) is 19.5 Å². The molecule has 0 spiro atoms. The number of aromatic amines is 1. The van der Waals surface area contributed by atoms with Crippen LogP contribution in [0.4, 0.5) is 0 Å². The molecule has 1 N–H and O–H groups in total. The predicted molar refractivity (Wildman–Crippen MR) is 59.0 cm³/mol. The third-order valence-electron chi connectivity index (χ3n) is 1.79. The molecular weight excluding hydrogens is 336 g/mol. The van der Waals surface area contributed by atoms with Crippen molar-refractivity contribution in [3.63, 3.8) is 0 Å². The normalized spacial score (nSPS) is 11.3. The molecule has 0 unspecified atom stereocenters. The van der Waals surface area contributed by atoms with Crippen molar-refractivity contribution in [3.05, 3.63) is 48.0 Å². The first-order valence-electron chi connectivity index (χ1n) is 4.57. The molecule has 0 atom stereocenters. The van der Waals surface area contributed by atoms with Gasteiger partial charge in [-0.1, -0.05) is 13.1 Å². The zero-order valence-electron chi connectivity index (χ0n) is 9.43. The molecule has 1 aromatic rings. The molecule has 0 radical (unpaired) electrons. The maximum absolute atomic E-state index is 3.32. The maximum atomic E-state index is 3.32. The number of nitrogens with one attached hydrogen (secondary N) is 1. The van der Waals surface area contributed by atoms with Crippen molar-refractivity contribution in [1.29, 1.82) is 0 Å². The molecule has 1 nitrogen and oxygen atoms in total. The fourth-order valence-electron chi connectivity index (χ4n) is 1.06. The molecule has 16 heavy (non-hydrogen) atoms. The molecule has 1 aliphatic rings. The van der Waals surface area contributed by atoms with Gasteiger partial charge >= 0.3 is 26.2 Å². The Morgan fingerprint density at radius 2 is 2.00 bits per heavy atom. The minimum Gasteiger partial charge on any atom is -1.00 e. The van der Waals surface area contributed by atoms with Crippen LogP contribution in [0.5, 0.6) is 0 Å². The van der Waals surface area contributed by atoms with Crippen molar-refractivity contribution < 1.29 is 51.0 Å². The summed E-state index contributed by atoms with van der Waals surface area (Å²) in [6.45, 7) is 4.66. The molecule has 0 bridgehead atoms. The second-order valence-electron chi connectivity index (χ2n) is 3.21. The minimum absolute atomic E-state index is 0. The summed E-state index contributed by atoms with van der Waals surface area (Å²) >= 11 is 0. The summed E-state index contributed by atoms with van der Waals surface area (Å²) in [6, 6.07) is 3.71. The van der Waals surface area contributed by atoms with Crippen LogP contribution in [-0.4, -0.2) is 13.8 Å². The SMILES string of the molecule is C[SiH](C)C1=[C-]CC=C1.[Cl-].[Cl-].[Zr+4].[c-]1ccc[nH]1. The molecular formula is C11H15Cl2NSiZr. The Kier molecular flexibility index (Phi) is 18.3. The second kappa shape index (κ2) is 13.5.